The molecule has 0 aliphatic heterocycles. The molecule has 0 N–H and O–H groups in total. The van der Waals surface area contributed by atoms with E-state index in [9.17, 15) is 0 Å². The predicted octanol–water partition coefficient (Wildman–Crippen LogP) is -0.909. The van der Waals surface area contributed by atoms with Crippen molar-refractivity contribution in [3.8, 4) is 0 Å². The molecule has 0 saturated heterocycles. The third-order valence-electron chi connectivity index (χ3n) is 0. The zero-order valence-electron chi connectivity index (χ0n) is 5.86. The van der Waals surface area contributed by atoms with Crippen molar-refractivity contribution in [3.63, 3.8) is 0 Å². The molecule has 0 aliphatic rings. The van der Waals surface area contributed by atoms with Gasteiger partial charge in [-0.25, -0.2) is 0 Å². The van der Waals surface area contributed by atoms with E-state index >= 15 is 0 Å². The van der Waals surface area contributed by atoms with Crippen molar-refractivity contribution in [3.05, 3.63) is 0 Å². The maximum absolute atomic E-state index is 4.39. The van der Waals surface area contributed by atoms with Gasteiger partial charge in [0.2, 0.25) is 0 Å². The lowest BCUT2D eigenvalue weighted by molar-refractivity contribution is 0.460. The van der Waals surface area contributed by atoms with Crippen molar-refractivity contribution in [2.75, 3.05) is 28.3 Å². The first-order chi connectivity index (χ1) is 3.15. The van der Waals surface area contributed by atoms with Crippen LogP contribution in [0.15, 0.2) is 0 Å². The van der Waals surface area contributed by atoms with Crippen LogP contribution in [-0.4, -0.2) is 43.6 Å². The molecule has 0 aromatic rings. The molecular formula is C4H15NOSi. The molecule has 0 spiro atoms. The van der Waals surface area contributed by atoms with E-state index < -0.39 is 0 Å². The second-order valence-electron chi connectivity index (χ2n) is 1.75. The van der Waals surface area contributed by atoms with Gasteiger partial charge in [0, 0.05) is 7.11 Å². The highest BCUT2D eigenvalue weighted by Crippen LogP contribution is 1.47. The maximum atomic E-state index is 4.39. The fourth-order valence-corrected chi connectivity index (χ4v) is 0. The second kappa shape index (κ2) is 9.46. The predicted molar refractivity (Wildman–Crippen MR) is 36.6 cm³/mol. The molecule has 0 atom stereocenters. The summed E-state index contributed by atoms with van der Waals surface area (Å²) < 4.78 is 4.39. The molecule has 0 saturated carbocycles. The van der Waals surface area contributed by atoms with Gasteiger partial charge in [0.05, 0.1) is 0 Å². The van der Waals surface area contributed by atoms with Crippen molar-refractivity contribution in [1.82, 2.24) is 4.90 Å². The summed E-state index contributed by atoms with van der Waals surface area (Å²) in [6.45, 7) is 0. The van der Waals surface area contributed by atoms with Crippen molar-refractivity contribution >= 4 is 10.5 Å². The molecule has 0 radical (unpaired) electrons. The molecule has 0 rings (SSSR count). The minimum Gasteiger partial charge on any atom is -0.431 e. The Bertz CT molecular complexity index is 22.9. The Hall–Kier alpha value is 0.137. The van der Waals surface area contributed by atoms with E-state index in [-0.39, 0.29) is 0 Å². The summed E-state index contributed by atoms with van der Waals surface area (Å²) in [6, 6.07) is 0. The monoisotopic (exact) mass is 121 g/mol. The lowest BCUT2D eigenvalue weighted by Gasteiger charge is -1.90. The zero-order chi connectivity index (χ0) is 6.28. The average Bonchev–Trinajstić information content (AvgIpc) is 1.33. The highest BCUT2D eigenvalue weighted by molar-refractivity contribution is 5.97. The van der Waals surface area contributed by atoms with Crippen LogP contribution >= 0.6 is 0 Å². The van der Waals surface area contributed by atoms with Gasteiger partial charge in [0.1, 0.15) is 10.5 Å². The third kappa shape index (κ3) is 5610. The highest BCUT2D eigenvalue weighted by Gasteiger charge is 1.58. The molecule has 0 fully saturated rings. The summed E-state index contributed by atoms with van der Waals surface area (Å²) in [4.78, 5) is 2.00. The van der Waals surface area contributed by atoms with E-state index in [2.05, 4.69) is 4.43 Å². The van der Waals surface area contributed by atoms with Gasteiger partial charge in [0.25, 0.3) is 0 Å². The van der Waals surface area contributed by atoms with E-state index in [1.54, 1.807) is 7.11 Å². The largest absolute Gasteiger partial charge is 0.431 e. The lowest BCUT2D eigenvalue weighted by atomic mass is 11.0. The molecule has 0 aliphatic carbocycles. The molecule has 0 bridgehead atoms. The second-order valence-corrected chi connectivity index (χ2v) is 2.57. The van der Waals surface area contributed by atoms with Crippen LogP contribution in [-0.2, 0) is 4.43 Å². The van der Waals surface area contributed by atoms with Crippen LogP contribution in [0.25, 0.3) is 0 Å². The van der Waals surface area contributed by atoms with Gasteiger partial charge in [-0.1, -0.05) is 0 Å². The SMILES string of the molecule is CN(C)C.CO[SiH3]. The Morgan fingerprint density at radius 2 is 1.29 bits per heavy atom. The Balaban J connectivity index is 0. The van der Waals surface area contributed by atoms with E-state index in [4.69, 9.17) is 0 Å². The summed E-state index contributed by atoms with van der Waals surface area (Å²) in [5.74, 6) is 0. The Labute approximate surface area is 49.0 Å². The highest BCUT2D eigenvalue weighted by atomic mass is 28.2. The molecule has 7 heavy (non-hydrogen) atoms. The van der Waals surface area contributed by atoms with Crippen molar-refractivity contribution in [1.29, 1.82) is 0 Å². The number of rotatable bonds is 0. The summed E-state index contributed by atoms with van der Waals surface area (Å²) in [7, 11) is 8.56. The molecule has 0 amide bonds. The zero-order valence-corrected chi connectivity index (χ0v) is 7.86. The van der Waals surface area contributed by atoms with Crippen LogP contribution in [0.2, 0.25) is 0 Å². The quantitative estimate of drug-likeness (QED) is 0.385. The molecule has 0 aromatic carbocycles. The van der Waals surface area contributed by atoms with Gasteiger partial charge in [0.15, 0.2) is 0 Å². The van der Waals surface area contributed by atoms with Gasteiger partial charge in [-0.3, -0.25) is 0 Å². The molecule has 0 aromatic heterocycles. The van der Waals surface area contributed by atoms with E-state index in [1.807, 2.05) is 26.0 Å². The van der Waals surface area contributed by atoms with Crippen LogP contribution in [0.4, 0.5) is 0 Å². The maximum Gasteiger partial charge on any atom is 0.145 e. The van der Waals surface area contributed by atoms with Crippen LogP contribution in [0.3, 0.4) is 0 Å². The minimum atomic E-state index is 0.869. The van der Waals surface area contributed by atoms with Gasteiger partial charge in [-0.05, 0) is 21.1 Å². The summed E-state index contributed by atoms with van der Waals surface area (Å²) >= 11 is 0. The average molecular weight is 121 g/mol. The minimum absolute atomic E-state index is 0.869. The summed E-state index contributed by atoms with van der Waals surface area (Å²) in [6.07, 6.45) is 0. The van der Waals surface area contributed by atoms with Crippen LogP contribution in [0.1, 0.15) is 0 Å². The van der Waals surface area contributed by atoms with Crippen LogP contribution < -0.4 is 0 Å². The van der Waals surface area contributed by atoms with Gasteiger partial charge < -0.3 is 9.33 Å². The summed E-state index contributed by atoms with van der Waals surface area (Å²) in [5.41, 5.74) is 0. The molecular weight excluding hydrogens is 106 g/mol. The first kappa shape index (κ1) is 10.2. The first-order valence-corrected chi connectivity index (χ1v) is 2.97. The topological polar surface area (TPSA) is 12.5 Å². The van der Waals surface area contributed by atoms with Gasteiger partial charge in [-0.15, -0.1) is 0 Å². The van der Waals surface area contributed by atoms with Crippen molar-refractivity contribution < 1.29 is 4.43 Å². The van der Waals surface area contributed by atoms with E-state index in [1.165, 1.54) is 0 Å². The van der Waals surface area contributed by atoms with Crippen molar-refractivity contribution in [2.24, 2.45) is 0 Å². The Morgan fingerprint density at radius 1 is 1.29 bits per heavy atom. The van der Waals surface area contributed by atoms with Crippen LogP contribution in [0.5, 0.6) is 0 Å². The van der Waals surface area contributed by atoms with Gasteiger partial charge in [-0.2, -0.15) is 0 Å². The summed E-state index contributed by atoms with van der Waals surface area (Å²) in [5, 5.41) is 0. The smallest absolute Gasteiger partial charge is 0.145 e. The van der Waals surface area contributed by atoms with Crippen LogP contribution in [0, 0.1) is 0 Å². The lowest BCUT2D eigenvalue weighted by Crippen LogP contribution is -1.99. The normalized spacial score (nSPS) is 8.14. The number of hydrogen-bond acceptors (Lipinski definition) is 2. The molecule has 0 unspecified atom stereocenters. The molecule has 46 valence electrons. The molecule has 0 heterocycles. The number of nitrogens with zero attached hydrogens (tertiary/aromatic N) is 1. The molecule has 2 nitrogen and oxygen atoms in total. The van der Waals surface area contributed by atoms with Gasteiger partial charge >= 0.3 is 0 Å². The fraction of sp³-hybridized carbons (Fsp3) is 1.00. The molecule has 3 heteroatoms. The van der Waals surface area contributed by atoms with E-state index in [0.717, 1.165) is 10.5 Å². The Kier molecular flexibility index (Phi) is 13.8. The first-order valence-electron chi connectivity index (χ1n) is 2.16. The standard InChI is InChI=1S/C3H9N.CH6OSi/c1-4(2)3;1-2-3/h1-3H3;1,3H3. The van der Waals surface area contributed by atoms with E-state index in [0.29, 0.717) is 0 Å². The fourth-order valence-electron chi connectivity index (χ4n) is 0. The van der Waals surface area contributed by atoms with Crippen molar-refractivity contribution in [2.45, 2.75) is 0 Å². The Morgan fingerprint density at radius 3 is 1.29 bits per heavy atom. The third-order valence-corrected chi connectivity index (χ3v) is 0. The number of hydrogen-bond donors (Lipinski definition) is 0.